The summed E-state index contributed by atoms with van der Waals surface area (Å²) < 4.78 is 5.77. The Kier molecular flexibility index (Phi) is 7.53. The summed E-state index contributed by atoms with van der Waals surface area (Å²) in [6, 6.07) is 21.9. The molecule has 0 radical (unpaired) electrons. The van der Waals surface area contributed by atoms with Gasteiger partial charge in [0, 0.05) is 27.2 Å². The number of hydrogen-bond donors (Lipinski definition) is 3. The largest absolute Gasteiger partial charge is 0.393 e. The molecule has 40 heavy (non-hydrogen) atoms. The number of amides is 1. The number of piperidine rings is 1. The van der Waals surface area contributed by atoms with Gasteiger partial charge in [0.1, 0.15) is 0 Å². The van der Waals surface area contributed by atoms with Crippen LogP contribution >= 0.6 is 11.6 Å². The van der Waals surface area contributed by atoms with E-state index >= 15 is 0 Å². The summed E-state index contributed by atoms with van der Waals surface area (Å²) in [6.07, 6.45) is 1.97. The minimum absolute atomic E-state index is 0.143. The number of hydrogen-bond acceptors (Lipinski definition) is 5. The van der Waals surface area contributed by atoms with Crippen LogP contribution in [-0.2, 0) is 4.74 Å². The van der Waals surface area contributed by atoms with Gasteiger partial charge in [0.2, 0.25) is 0 Å². The number of morpholine rings is 1. The maximum Gasteiger partial charge on any atom is 0.251 e. The highest BCUT2D eigenvalue weighted by Gasteiger charge is 2.38. The zero-order valence-electron chi connectivity index (χ0n) is 22.8. The predicted molar refractivity (Wildman–Crippen MR) is 159 cm³/mol. The third-order valence-corrected chi connectivity index (χ3v) is 8.40. The number of aromatic amines is 1. The highest BCUT2D eigenvalue weighted by atomic mass is 35.5. The van der Waals surface area contributed by atoms with Crippen molar-refractivity contribution in [3.63, 3.8) is 0 Å². The third-order valence-electron chi connectivity index (χ3n) is 8.05. The summed E-state index contributed by atoms with van der Waals surface area (Å²) in [4.78, 5) is 15.9. The van der Waals surface area contributed by atoms with Crippen molar-refractivity contribution in [1.82, 2.24) is 15.5 Å². The number of rotatable bonds is 7. The average Bonchev–Trinajstić information content (AvgIpc) is 3.36. The lowest BCUT2D eigenvalue weighted by atomic mass is 9.91. The lowest BCUT2D eigenvalue weighted by molar-refractivity contribution is 0.00124. The van der Waals surface area contributed by atoms with Crippen molar-refractivity contribution < 1.29 is 14.6 Å². The van der Waals surface area contributed by atoms with Crippen LogP contribution in [0.15, 0.2) is 66.7 Å². The number of H-pyrrole nitrogens is 1. The highest BCUT2D eigenvalue weighted by Crippen LogP contribution is 2.35. The number of fused-ring (bicyclic) bond motifs is 3. The maximum absolute atomic E-state index is 13.5. The van der Waals surface area contributed by atoms with E-state index in [0.29, 0.717) is 29.7 Å². The topological polar surface area (TPSA) is 90.5 Å². The maximum atomic E-state index is 13.5. The molecule has 7 nitrogen and oxygen atoms in total. The number of aromatic nitrogens is 2. The molecule has 1 aromatic heterocycles. The number of ether oxygens (including phenoxy) is 1. The second kappa shape index (κ2) is 11.2. The van der Waals surface area contributed by atoms with Gasteiger partial charge in [-0.1, -0.05) is 55.8 Å². The summed E-state index contributed by atoms with van der Waals surface area (Å²) >= 11 is 6.49. The van der Waals surface area contributed by atoms with Crippen molar-refractivity contribution in [2.24, 2.45) is 5.92 Å². The molecule has 2 fully saturated rings. The predicted octanol–water partition coefficient (Wildman–Crippen LogP) is 6.13. The Morgan fingerprint density at radius 1 is 1.10 bits per heavy atom. The van der Waals surface area contributed by atoms with Crippen LogP contribution in [0.5, 0.6) is 0 Å². The third kappa shape index (κ3) is 5.33. The molecule has 0 spiro atoms. The average molecular weight is 559 g/mol. The van der Waals surface area contributed by atoms with Crippen molar-refractivity contribution in [1.29, 1.82) is 0 Å². The molecule has 0 aliphatic carbocycles. The van der Waals surface area contributed by atoms with E-state index in [0.717, 1.165) is 52.7 Å². The Labute approximate surface area is 239 Å². The summed E-state index contributed by atoms with van der Waals surface area (Å²) in [5, 5.41) is 22.7. The zero-order chi connectivity index (χ0) is 27.8. The summed E-state index contributed by atoms with van der Waals surface area (Å²) in [5.41, 5.74) is 5.28. The molecule has 3 N–H and O–H groups in total. The Balaban J connectivity index is 1.25. The lowest BCUT2D eigenvalue weighted by Crippen LogP contribution is -2.58. The van der Waals surface area contributed by atoms with Gasteiger partial charge in [0.25, 0.3) is 5.91 Å². The Morgan fingerprint density at radius 2 is 1.82 bits per heavy atom. The number of benzene rings is 3. The van der Waals surface area contributed by atoms with Crippen LogP contribution in [0.3, 0.4) is 0 Å². The van der Waals surface area contributed by atoms with Gasteiger partial charge in [-0.3, -0.25) is 9.89 Å². The fourth-order valence-electron chi connectivity index (χ4n) is 6.21. The van der Waals surface area contributed by atoms with Gasteiger partial charge in [-0.05, 0) is 67.1 Å². The van der Waals surface area contributed by atoms with Crippen LogP contribution in [-0.4, -0.2) is 52.6 Å². The summed E-state index contributed by atoms with van der Waals surface area (Å²) in [7, 11) is 0. The number of aliphatic hydroxyl groups excluding tert-OH is 1. The van der Waals surface area contributed by atoms with E-state index in [1.165, 1.54) is 0 Å². The summed E-state index contributed by atoms with van der Waals surface area (Å²) in [5.74, 6) is 0.241. The number of nitrogens with zero attached hydrogens (tertiary/aromatic N) is 2. The first-order valence-corrected chi connectivity index (χ1v) is 14.4. The van der Waals surface area contributed by atoms with Gasteiger partial charge >= 0.3 is 0 Å². The molecule has 2 bridgehead atoms. The highest BCUT2D eigenvalue weighted by molar-refractivity contribution is 6.31. The van der Waals surface area contributed by atoms with Crippen LogP contribution in [0.4, 0.5) is 5.69 Å². The van der Waals surface area contributed by atoms with Gasteiger partial charge in [-0.15, -0.1) is 0 Å². The fourth-order valence-corrected chi connectivity index (χ4v) is 6.48. The first-order chi connectivity index (χ1) is 19.4. The lowest BCUT2D eigenvalue weighted by Gasteiger charge is -2.48. The molecule has 2 aliphatic rings. The van der Waals surface area contributed by atoms with Gasteiger partial charge < -0.3 is 20.1 Å². The molecule has 6 rings (SSSR count). The molecule has 2 unspecified atom stereocenters. The second-order valence-electron chi connectivity index (χ2n) is 11.4. The molecular weight excluding hydrogens is 524 g/mol. The second-order valence-corrected chi connectivity index (χ2v) is 11.8. The van der Waals surface area contributed by atoms with E-state index in [1.54, 1.807) is 0 Å². The van der Waals surface area contributed by atoms with Gasteiger partial charge in [-0.25, -0.2) is 0 Å². The molecule has 8 heteroatoms. The van der Waals surface area contributed by atoms with Crippen LogP contribution in [0.25, 0.3) is 22.2 Å². The normalized spacial score (nSPS) is 21.5. The van der Waals surface area contributed by atoms with Crippen molar-refractivity contribution in [3.05, 3.63) is 82.9 Å². The molecule has 2 aliphatic heterocycles. The van der Waals surface area contributed by atoms with E-state index in [1.807, 2.05) is 42.5 Å². The molecule has 1 amide bonds. The van der Waals surface area contributed by atoms with E-state index < -0.39 is 0 Å². The molecule has 3 atom stereocenters. The van der Waals surface area contributed by atoms with E-state index in [4.69, 9.17) is 16.3 Å². The fraction of sp³-hybridized carbons (Fsp3) is 0.375. The molecular formula is C32H35ClN4O3. The smallest absolute Gasteiger partial charge is 0.251 e. The van der Waals surface area contributed by atoms with Crippen molar-refractivity contribution in [3.8, 4) is 11.3 Å². The number of nitrogens with one attached hydrogen (secondary N) is 2. The van der Waals surface area contributed by atoms with Crippen molar-refractivity contribution in [2.45, 2.75) is 57.3 Å². The quantitative estimate of drug-likeness (QED) is 0.254. The van der Waals surface area contributed by atoms with E-state index in [9.17, 15) is 9.90 Å². The number of anilines is 1. The van der Waals surface area contributed by atoms with E-state index in [-0.39, 0.29) is 30.1 Å². The molecule has 3 heterocycles. The van der Waals surface area contributed by atoms with Gasteiger partial charge in [-0.2, -0.15) is 5.10 Å². The van der Waals surface area contributed by atoms with Crippen LogP contribution in [0.1, 0.15) is 55.1 Å². The Morgan fingerprint density at radius 3 is 2.52 bits per heavy atom. The monoisotopic (exact) mass is 558 g/mol. The molecule has 3 aromatic carbocycles. The van der Waals surface area contributed by atoms with Crippen LogP contribution < -0.4 is 10.2 Å². The van der Waals surface area contributed by atoms with Crippen molar-refractivity contribution >= 4 is 34.1 Å². The first kappa shape index (κ1) is 26.8. The first-order valence-electron chi connectivity index (χ1n) is 14.1. The van der Waals surface area contributed by atoms with Crippen LogP contribution in [0.2, 0.25) is 5.02 Å². The molecule has 208 valence electrons. The Bertz CT molecular complexity index is 1490. The minimum atomic E-state index is -0.262. The number of aliphatic hydroxyl groups is 1. The molecule has 4 aromatic rings. The Hall–Kier alpha value is -3.39. The molecule has 2 saturated heterocycles. The number of halogens is 1. The standard InChI is InChI=1S/C32H35ClN4O3/c1-19(2)13-30(26-5-3-4-6-28(26)33)34-32(39)21-9-12-29-27(14-21)31(36-35-29)20-7-10-22(11-8-20)37-23-15-25(38)16-24(37)18-40-17-23/h3-12,14,19,23-25,30,38H,13,15-18H2,1-2H3,(H,34,39)(H,35,36)/t23?,24?,25?,30-/m0/s1. The summed E-state index contributed by atoms with van der Waals surface area (Å²) in [6.45, 7) is 5.55. The SMILES string of the molecule is CC(C)C[C@H](NC(=O)c1ccc2[nH]nc(-c3ccc(N4C5COCC4CC(O)C5)cc3)c2c1)c1ccccc1Cl. The number of carbonyl (C=O) groups is 1. The van der Waals surface area contributed by atoms with Gasteiger partial charge in [0.15, 0.2) is 0 Å². The van der Waals surface area contributed by atoms with E-state index in [2.05, 4.69) is 58.5 Å². The van der Waals surface area contributed by atoms with Gasteiger partial charge in [0.05, 0.1) is 48.7 Å². The zero-order valence-corrected chi connectivity index (χ0v) is 23.6. The van der Waals surface area contributed by atoms with Crippen LogP contribution in [0, 0.1) is 5.92 Å². The molecule has 0 saturated carbocycles. The number of carbonyl (C=O) groups excluding carboxylic acids is 1. The minimum Gasteiger partial charge on any atom is -0.393 e. The van der Waals surface area contributed by atoms with Crippen molar-refractivity contribution in [2.75, 3.05) is 18.1 Å².